The third-order valence-corrected chi connectivity index (χ3v) is 7.13. The number of carbonyl (C=O) groups is 2. The van der Waals surface area contributed by atoms with Gasteiger partial charge in [0.15, 0.2) is 0 Å². The monoisotopic (exact) mass is 507 g/mol. The summed E-state index contributed by atoms with van der Waals surface area (Å²) in [5, 5.41) is 13.5. The van der Waals surface area contributed by atoms with E-state index in [0.29, 0.717) is 32.9 Å². The van der Waals surface area contributed by atoms with Crippen LogP contribution in [0.2, 0.25) is 10.0 Å². The molecule has 1 heterocycles. The van der Waals surface area contributed by atoms with Crippen molar-refractivity contribution in [2.75, 3.05) is 10.2 Å². The molecular weight excluding hydrogens is 489 g/mol. The summed E-state index contributed by atoms with van der Waals surface area (Å²) in [7, 11) is 0. The molecule has 170 valence electrons. The van der Waals surface area contributed by atoms with Gasteiger partial charge in [0, 0.05) is 21.4 Å². The van der Waals surface area contributed by atoms with Crippen LogP contribution >= 0.6 is 35.0 Å². The minimum absolute atomic E-state index is 0.143. The molecule has 1 fully saturated rings. The summed E-state index contributed by atoms with van der Waals surface area (Å²) in [6.45, 7) is 1.99. The highest BCUT2D eigenvalue weighted by molar-refractivity contribution is 8.05. The summed E-state index contributed by atoms with van der Waals surface area (Å²) in [5.74, 6) is -0.798. The zero-order valence-corrected chi connectivity index (χ0v) is 20.4. The maximum absolute atomic E-state index is 13.5. The fourth-order valence-corrected chi connectivity index (χ4v) is 5.13. The van der Waals surface area contributed by atoms with E-state index in [0.717, 1.165) is 11.1 Å². The van der Waals surface area contributed by atoms with Crippen LogP contribution < -0.4 is 10.2 Å². The van der Waals surface area contributed by atoms with Gasteiger partial charge in [-0.15, -0.1) is 0 Å². The topological polar surface area (TPSA) is 73.2 Å². The van der Waals surface area contributed by atoms with Crippen LogP contribution in [-0.4, -0.2) is 17.1 Å². The molecule has 3 aromatic carbocycles. The first-order chi connectivity index (χ1) is 16.4. The van der Waals surface area contributed by atoms with Gasteiger partial charge in [-0.2, -0.15) is 5.26 Å². The Morgan fingerprint density at radius 1 is 1.03 bits per heavy atom. The smallest absolute Gasteiger partial charge is 0.269 e. The lowest BCUT2D eigenvalue weighted by atomic mass is 10.0. The second-order valence-corrected chi connectivity index (χ2v) is 9.70. The zero-order valence-electron chi connectivity index (χ0n) is 18.1. The van der Waals surface area contributed by atoms with Gasteiger partial charge in [0.2, 0.25) is 5.91 Å². The van der Waals surface area contributed by atoms with Gasteiger partial charge in [0.1, 0.15) is 16.7 Å². The summed E-state index contributed by atoms with van der Waals surface area (Å²) in [6.07, 6.45) is 0.473. The predicted molar refractivity (Wildman–Crippen MR) is 138 cm³/mol. The Kier molecular flexibility index (Phi) is 7.28. The van der Waals surface area contributed by atoms with Crippen molar-refractivity contribution in [3.05, 3.63) is 105 Å². The highest BCUT2D eigenvalue weighted by Gasteiger charge is 2.41. The second-order valence-electron chi connectivity index (χ2n) is 7.64. The Morgan fingerprint density at radius 3 is 2.26 bits per heavy atom. The van der Waals surface area contributed by atoms with E-state index in [4.69, 9.17) is 23.2 Å². The molecule has 8 heteroatoms. The Morgan fingerprint density at radius 2 is 1.65 bits per heavy atom. The molecule has 34 heavy (non-hydrogen) atoms. The lowest BCUT2D eigenvalue weighted by molar-refractivity contribution is -0.117. The van der Waals surface area contributed by atoms with Gasteiger partial charge in [-0.05, 0) is 73.0 Å². The van der Waals surface area contributed by atoms with E-state index in [1.807, 2.05) is 37.3 Å². The number of aryl methyl sites for hydroxylation is 1. The minimum atomic E-state index is -0.601. The average molecular weight is 508 g/mol. The Labute approximate surface area is 212 Å². The molecule has 5 nitrogen and oxygen atoms in total. The SMILES string of the molecule is Cc1ccccc1CC1S/C(=C(/C#N)C(=O)Nc2ccc(Cl)cc2)N(c2ccc(Cl)cc2)C1=O. The molecule has 2 amide bonds. The van der Waals surface area contributed by atoms with Gasteiger partial charge in [-0.25, -0.2) is 0 Å². The number of nitriles is 1. The number of halogens is 2. The van der Waals surface area contributed by atoms with Crippen LogP contribution in [0, 0.1) is 18.3 Å². The summed E-state index contributed by atoms with van der Waals surface area (Å²) in [6, 6.07) is 23.2. The average Bonchev–Trinajstić information content (AvgIpc) is 3.13. The third-order valence-electron chi connectivity index (χ3n) is 5.36. The van der Waals surface area contributed by atoms with Gasteiger partial charge in [-0.1, -0.05) is 59.2 Å². The van der Waals surface area contributed by atoms with Crippen molar-refractivity contribution in [1.29, 1.82) is 5.26 Å². The summed E-state index contributed by atoms with van der Waals surface area (Å²) < 4.78 is 0. The first-order valence-electron chi connectivity index (χ1n) is 10.4. The summed E-state index contributed by atoms with van der Waals surface area (Å²) in [4.78, 5) is 28.0. The van der Waals surface area contributed by atoms with Gasteiger partial charge < -0.3 is 5.32 Å². The first-order valence-corrected chi connectivity index (χ1v) is 12.0. The Bertz CT molecular complexity index is 1320. The Balaban J connectivity index is 1.73. The summed E-state index contributed by atoms with van der Waals surface area (Å²) >= 11 is 13.2. The number of nitrogens with one attached hydrogen (secondary N) is 1. The fraction of sp³-hybridized carbons (Fsp3) is 0.115. The van der Waals surface area contributed by atoms with Crippen LogP contribution in [0.1, 0.15) is 11.1 Å². The lowest BCUT2D eigenvalue weighted by Crippen LogP contribution is -2.31. The van der Waals surface area contributed by atoms with Crippen molar-refractivity contribution < 1.29 is 9.59 Å². The number of nitrogens with zero attached hydrogens (tertiary/aromatic N) is 2. The maximum atomic E-state index is 13.5. The molecule has 1 aliphatic heterocycles. The summed E-state index contributed by atoms with van der Waals surface area (Å²) in [5.41, 5.74) is 3.00. The van der Waals surface area contributed by atoms with Gasteiger partial charge in [0.05, 0.1) is 5.25 Å². The van der Waals surface area contributed by atoms with E-state index >= 15 is 0 Å². The molecule has 0 spiro atoms. The van der Waals surface area contributed by atoms with Crippen LogP contribution in [0.25, 0.3) is 0 Å². The number of carbonyl (C=O) groups excluding carboxylic acids is 2. The number of amides is 2. The number of rotatable bonds is 5. The normalized spacial score (nSPS) is 16.8. The van der Waals surface area contributed by atoms with Crippen molar-refractivity contribution in [2.24, 2.45) is 0 Å². The van der Waals surface area contributed by atoms with Crippen molar-refractivity contribution in [3.63, 3.8) is 0 Å². The van der Waals surface area contributed by atoms with Gasteiger partial charge >= 0.3 is 0 Å². The van der Waals surface area contributed by atoms with Gasteiger partial charge in [-0.3, -0.25) is 14.5 Å². The zero-order chi connectivity index (χ0) is 24.2. The predicted octanol–water partition coefficient (Wildman–Crippen LogP) is 6.37. The molecule has 4 rings (SSSR count). The van der Waals surface area contributed by atoms with Crippen molar-refractivity contribution in [2.45, 2.75) is 18.6 Å². The molecule has 1 N–H and O–H groups in total. The van der Waals surface area contributed by atoms with E-state index in [1.165, 1.54) is 16.7 Å². The molecule has 3 aromatic rings. The molecule has 1 unspecified atom stereocenters. The number of hydrogen-bond donors (Lipinski definition) is 1. The number of thioether (sulfide) groups is 1. The van der Waals surface area contributed by atoms with Crippen molar-refractivity contribution in [1.82, 2.24) is 0 Å². The molecule has 1 saturated heterocycles. The van der Waals surface area contributed by atoms with Crippen LogP contribution in [-0.2, 0) is 16.0 Å². The molecule has 1 aliphatic rings. The molecular formula is C26H19Cl2N3O2S. The largest absolute Gasteiger partial charge is 0.321 e. The third kappa shape index (κ3) is 5.13. The van der Waals surface area contributed by atoms with E-state index in [2.05, 4.69) is 5.32 Å². The molecule has 0 aliphatic carbocycles. The van der Waals surface area contributed by atoms with E-state index in [1.54, 1.807) is 48.5 Å². The molecule has 1 atom stereocenters. The maximum Gasteiger partial charge on any atom is 0.269 e. The van der Waals surface area contributed by atoms with Crippen molar-refractivity contribution in [3.8, 4) is 6.07 Å². The molecule has 0 radical (unpaired) electrons. The fourth-order valence-electron chi connectivity index (χ4n) is 3.58. The lowest BCUT2D eigenvalue weighted by Gasteiger charge is -2.19. The van der Waals surface area contributed by atoms with E-state index < -0.39 is 11.2 Å². The highest BCUT2D eigenvalue weighted by atomic mass is 35.5. The van der Waals surface area contributed by atoms with Gasteiger partial charge in [0.25, 0.3) is 5.91 Å². The van der Waals surface area contributed by atoms with Crippen LogP contribution in [0.15, 0.2) is 83.4 Å². The number of benzene rings is 3. The first kappa shape index (κ1) is 23.9. The number of hydrogen-bond acceptors (Lipinski definition) is 4. The molecule has 0 bridgehead atoms. The standard InChI is InChI=1S/C26H19Cl2N3O2S/c1-16-4-2-3-5-17(16)14-23-25(33)31(21-12-8-19(28)9-13-21)26(34-23)22(15-29)24(32)30-20-10-6-18(27)7-11-20/h2-13,23H,14H2,1H3,(H,30,32)/b26-22-. The molecule has 0 saturated carbocycles. The van der Waals surface area contributed by atoms with Crippen molar-refractivity contribution >= 4 is 58.2 Å². The Hall–Kier alpha value is -3.24. The molecule has 0 aromatic heterocycles. The van der Waals surface area contributed by atoms with Crippen LogP contribution in [0.3, 0.4) is 0 Å². The second kappa shape index (κ2) is 10.4. The number of anilines is 2. The van der Waals surface area contributed by atoms with Crippen LogP contribution in [0.5, 0.6) is 0 Å². The van der Waals surface area contributed by atoms with Crippen LogP contribution in [0.4, 0.5) is 11.4 Å². The highest BCUT2D eigenvalue weighted by Crippen LogP contribution is 2.42. The van der Waals surface area contributed by atoms with E-state index in [-0.39, 0.29) is 11.5 Å². The minimum Gasteiger partial charge on any atom is -0.321 e. The van der Waals surface area contributed by atoms with E-state index in [9.17, 15) is 14.9 Å². The quantitative estimate of drug-likeness (QED) is 0.321.